The molecule has 0 saturated carbocycles. The van der Waals surface area contributed by atoms with Crippen molar-refractivity contribution in [1.82, 2.24) is 10.2 Å². The van der Waals surface area contributed by atoms with Crippen LogP contribution in [0.5, 0.6) is 0 Å². The Kier molecular flexibility index (Phi) is 6.48. The molecule has 0 aromatic carbocycles. The van der Waals surface area contributed by atoms with Crippen molar-refractivity contribution in [3.63, 3.8) is 0 Å². The predicted octanol–water partition coefficient (Wildman–Crippen LogP) is 3.26. The summed E-state index contributed by atoms with van der Waals surface area (Å²) in [5.74, 6) is 0. The van der Waals surface area contributed by atoms with Crippen LogP contribution in [-0.4, -0.2) is 24.5 Å². The highest BCUT2D eigenvalue weighted by atomic mass is 32.1. The maximum atomic E-state index is 3.98. The summed E-state index contributed by atoms with van der Waals surface area (Å²) in [6.07, 6.45) is 0. The van der Waals surface area contributed by atoms with Crippen LogP contribution in [0.3, 0.4) is 0 Å². The smallest absolute Gasteiger partial charge is 0.0331 e. The molecule has 1 heterocycles. The zero-order valence-electron chi connectivity index (χ0n) is 11.3. The average molecular weight is 252 g/mol. The first-order valence-electron chi connectivity index (χ1n) is 6.30. The summed E-state index contributed by atoms with van der Waals surface area (Å²) in [7, 11) is 0. The second kappa shape index (κ2) is 7.64. The first kappa shape index (κ1) is 14.4. The normalized spacial score (nSPS) is 11.1. The van der Waals surface area contributed by atoms with E-state index in [-0.39, 0.29) is 0 Å². The summed E-state index contributed by atoms with van der Waals surface area (Å²) >= 11 is 1.91. The quantitative estimate of drug-likeness (QED) is 0.714. The van der Waals surface area contributed by atoms with Gasteiger partial charge in [-0.15, -0.1) is 11.3 Å². The van der Waals surface area contributed by atoms with Crippen LogP contribution in [0.2, 0.25) is 0 Å². The van der Waals surface area contributed by atoms with Gasteiger partial charge >= 0.3 is 0 Å². The Labute approximate surface area is 109 Å². The van der Waals surface area contributed by atoms with E-state index in [4.69, 9.17) is 0 Å². The number of nitrogens with one attached hydrogen (secondary N) is 1. The van der Waals surface area contributed by atoms with E-state index in [9.17, 15) is 0 Å². The molecule has 0 radical (unpaired) electrons. The second-order valence-corrected chi connectivity index (χ2v) is 5.66. The highest BCUT2D eigenvalue weighted by molar-refractivity contribution is 7.11. The summed E-state index contributed by atoms with van der Waals surface area (Å²) in [4.78, 5) is 5.29. The van der Waals surface area contributed by atoms with Crippen molar-refractivity contribution in [2.24, 2.45) is 0 Å². The van der Waals surface area contributed by atoms with Gasteiger partial charge in [0.25, 0.3) is 0 Å². The summed E-state index contributed by atoms with van der Waals surface area (Å²) in [5.41, 5.74) is 1.23. The fourth-order valence-electron chi connectivity index (χ4n) is 1.73. The maximum absolute atomic E-state index is 3.98. The Morgan fingerprint density at radius 1 is 1.35 bits per heavy atom. The first-order valence-corrected chi connectivity index (χ1v) is 7.12. The second-order valence-electron chi connectivity index (χ2n) is 4.41. The monoisotopic (exact) mass is 252 g/mol. The van der Waals surface area contributed by atoms with Gasteiger partial charge in [-0.05, 0) is 32.1 Å². The molecule has 0 unspecified atom stereocenters. The molecule has 1 rings (SSSR count). The van der Waals surface area contributed by atoms with Gasteiger partial charge in [0.1, 0.15) is 0 Å². The number of hydrogen-bond acceptors (Lipinski definition) is 3. The van der Waals surface area contributed by atoms with E-state index >= 15 is 0 Å². The van der Waals surface area contributed by atoms with E-state index in [2.05, 4.69) is 49.7 Å². The Morgan fingerprint density at radius 3 is 2.65 bits per heavy atom. The lowest BCUT2D eigenvalue weighted by Gasteiger charge is -2.19. The highest BCUT2D eigenvalue weighted by Gasteiger charge is 2.06. The van der Waals surface area contributed by atoms with Crippen molar-refractivity contribution in [2.75, 3.05) is 19.6 Å². The summed E-state index contributed by atoms with van der Waals surface area (Å²) < 4.78 is 0. The molecule has 1 aromatic rings. The Balaban J connectivity index is 2.48. The fraction of sp³-hybridized carbons (Fsp3) is 0.571. The van der Waals surface area contributed by atoms with Gasteiger partial charge in [-0.3, -0.25) is 4.90 Å². The zero-order valence-corrected chi connectivity index (χ0v) is 12.1. The van der Waals surface area contributed by atoms with Crippen LogP contribution in [0, 0.1) is 0 Å². The van der Waals surface area contributed by atoms with Gasteiger partial charge in [0.2, 0.25) is 0 Å². The van der Waals surface area contributed by atoms with Crippen LogP contribution in [0.15, 0.2) is 24.3 Å². The van der Waals surface area contributed by atoms with Crippen molar-refractivity contribution in [1.29, 1.82) is 0 Å². The number of likely N-dealkylation sites (N-methyl/N-ethyl adjacent to an activating group) is 1. The molecule has 96 valence electrons. The average Bonchev–Trinajstić information content (AvgIpc) is 2.72. The van der Waals surface area contributed by atoms with Crippen molar-refractivity contribution in [3.05, 3.63) is 34.0 Å². The van der Waals surface area contributed by atoms with Crippen molar-refractivity contribution in [2.45, 2.75) is 33.9 Å². The fourth-order valence-corrected chi connectivity index (χ4v) is 2.76. The molecule has 1 N–H and O–H groups in total. The standard InChI is InChI=1S/C14H24N2S/c1-5-15-9-13-7-8-14(17-13)11-16(6-2)10-12(3)4/h7-8,15H,3,5-6,9-11H2,1-2,4H3. The molecule has 2 nitrogen and oxygen atoms in total. The molecule has 0 amide bonds. The van der Waals surface area contributed by atoms with Crippen LogP contribution < -0.4 is 5.32 Å². The number of nitrogens with zero attached hydrogens (tertiary/aromatic N) is 1. The Bertz CT molecular complexity index is 344. The first-order chi connectivity index (χ1) is 8.15. The third-order valence-electron chi connectivity index (χ3n) is 2.59. The zero-order chi connectivity index (χ0) is 12.7. The molecule has 0 aliphatic carbocycles. The molecular weight excluding hydrogens is 228 g/mol. The molecule has 0 bridgehead atoms. The van der Waals surface area contributed by atoms with Gasteiger partial charge < -0.3 is 5.32 Å². The maximum Gasteiger partial charge on any atom is 0.0331 e. The van der Waals surface area contributed by atoms with E-state index in [1.165, 1.54) is 15.3 Å². The third kappa shape index (κ3) is 5.48. The lowest BCUT2D eigenvalue weighted by molar-refractivity contribution is 0.307. The molecule has 17 heavy (non-hydrogen) atoms. The lowest BCUT2D eigenvalue weighted by atomic mass is 10.3. The van der Waals surface area contributed by atoms with Gasteiger partial charge in [0.15, 0.2) is 0 Å². The van der Waals surface area contributed by atoms with E-state index in [0.717, 1.165) is 32.7 Å². The van der Waals surface area contributed by atoms with Crippen LogP contribution in [0.1, 0.15) is 30.5 Å². The molecule has 0 fully saturated rings. The van der Waals surface area contributed by atoms with Crippen LogP contribution in [-0.2, 0) is 13.1 Å². The lowest BCUT2D eigenvalue weighted by Crippen LogP contribution is -2.23. The number of rotatable bonds is 8. The van der Waals surface area contributed by atoms with Crippen LogP contribution in [0.4, 0.5) is 0 Å². The summed E-state index contributed by atoms with van der Waals surface area (Å²) in [6, 6.07) is 4.48. The van der Waals surface area contributed by atoms with Gasteiger partial charge in [-0.25, -0.2) is 0 Å². The van der Waals surface area contributed by atoms with Crippen molar-refractivity contribution >= 4 is 11.3 Å². The van der Waals surface area contributed by atoms with Crippen LogP contribution in [0.25, 0.3) is 0 Å². The highest BCUT2D eigenvalue weighted by Crippen LogP contribution is 2.18. The van der Waals surface area contributed by atoms with E-state index in [1.54, 1.807) is 0 Å². The number of thiophene rings is 1. The molecule has 0 atom stereocenters. The minimum atomic E-state index is 0.994. The Morgan fingerprint density at radius 2 is 2.06 bits per heavy atom. The summed E-state index contributed by atoms with van der Waals surface area (Å²) in [6.45, 7) is 15.6. The topological polar surface area (TPSA) is 15.3 Å². The molecule has 1 aromatic heterocycles. The minimum absolute atomic E-state index is 0.994. The summed E-state index contributed by atoms with van der Waals surface area (Å²) in [5, 5.41) is 3.36. The Hall–Kier alpha value is -0.640. The SMILES string of the molecule is C=C(C)CN(CC)Cc1ccc(CNCC)s1. The number of hydrogen-bond donors (Lipinski definition) is 1. The molecular formula is C14H24N2S. The predicted molar refractivity (Wildman–Crippen MR) is 77.5 cm³/mol. The van der Waals surface area contributed by atoms with Crippen molar-refractivity contribution in [3.8, 4) is 0 Å². The van der Waals surface area contributed by atoms with Gasteiger partial charge in [-0.2, -0.15) is 0 Å². The van der Waals surface area contributed by atoms with Gasteiger partial charge in [0.05, 0.1) is 0 Å². The molecule has 3 heteroatoms. The van der Waals surface area contributed by atoms with Crippen molar-refractivity contribution < 1.29 is 0 Å². The van der Waals surface area contributed by atoms with Gasteiger partial charge in [-0.1, -0.05) is 26.0 Å². The molecule has 0 saturated heterocycles. The third-order valence-corrected chi connectivity index (χ3v) is 3.66. The molecule has 0 spiro atoms. The molecule has 0 aliphatic rings. The van der Waals surface area contributed by atoms with E-state index in [1.807, 2.05) is 11.3 Å². The van der Waals surface area contributed by atoms with E-state index < -0.39 is 0 Å². The molecule has 0 aliphatic heterocycles. The van der Waals surface area contributed by atoms with Crippen LogP contribution >= 0.6 is 11.3 Å². The van der Waals surface area contributed by atoms with E-state index in [0.29, 0.717) is 0 Å². The largest absolute Gasteiger partial charge is 0.312 e. The van der Waals surface area contributed by atoms with Gasteiger partial charge in [0, 0.05) is 29.4 Å². The minimum Gasteiger partial charge on any atom is -0.312 e.